The van der Waals surface area contributed by atoms with Gasteiger partial charge in [-0.3, -0.25) is 0 Å². The average Bonchev–Trinajstić information content (AvgIpc) is 2.53. The van der Waals surface area contributed by atoms with Crippen molar-refractivity contribution in [2.75, 3.05) is 26.3 Å². The predicted octanol–water partition coefficient (Wildman–Crippen LogP) is 2.03. The van der Waals surface area contributed by atoms with Crippen molar-refractivity contribution in [1.82, 2.24) is 4.90 Å². The molecule has 1 saturated heterocycles. The maximum atomic E-state index is 5.80. The average molecular weight is 306 g/mol. The Morgan fingerprint density at radius 1 is 1.50 bits per heavy atom. The van der Waals surface area contributed by atoms with E-state index < -0.39 is 0 Å². The SMILES string of the molecule is Clc1[c-]cc(CN2CCOCC2)s1.[Y]. The summed E-state index contributed by atoms with van der Waals surface area (Å²) in [5.41, 5.74) is 0. The van der Waals surface area contributed by atoms with E-state index in [0.717, 1.165) is 37.2 Å². The zero-order chi connectivity index (χ0) is 9.10. The topological polar surface area (TPSA) is 12.5 Å². The van der Waals surface area contributed by atoms with Crippen molar-refractivity contribution in [1.29, 1.82) is 0 Å². The third-order valence-corrected chi connectivity index (χ3v) is 3.20. The molecule has 1 fully saturated rings. The molecular formula is C9H11ClNOSY-. The number of rotatable bonds is 2. The Hall–Kier alpha value is 1.01. The van der Waals surface area contributed by atoms with Gasteiger partial charge in [0.1, 0.15) is 0 Å². The molecule has 5 heteroatoms. The molecule has 2 rings (SSSR count). The van der Waals surface area contributed by atoms with Gasteiger partial charge in [0.25, 0.3) is 0 Å². The van der Waals surface area contributed by atoms with Crippen LogP contribution in [0.1, 0.15) is 4.88 Å². The van der Waals surface area contributed by atoms with Gasteiger partial charge in [0, 0.05) is 45.8 Å². The maximum Gasteiger partial charge on any atom is 0.0593 e. The van der Waals surface area contributed by atoms with Crippen molar-refractivity contribution in [2.45, 2.75) is 6.54 Å². The van der Waals surface area contributed by atoms with Gasteiger partial charge in [-0.05, 0) is 10.9 Å². The summed E-state index contributed by atoms with van der Waals surface area (Å²) in [6.07, 6.45) is 0. The molecule has 0 unspecified atom stereocenters. The number of morpholine rings is 1. The zero-order valence-electron chi connectivity index (χ0n) is 7.83. The predicted molar refractivity (Wildman–Crippen MR) is 54.3 cm³/mol. The van der Waals surface area contributed by atoms with E-state index in [1.54, 1.807) is 11.3 Å². The van der Waals surface area contributed by atoms with Crippen molar-refractivity contribution in [3.8, 4) is 0 Å². The van der Waals surface area contributed by atoms with E-state index in [1.807, 2.05) is 6.07 Å². The summed E-state index contributed by atoms with van der Waals surface area (Å²) in [4.78, 5) is 3.66. The second-order valence-corrected chi connectivity index (χ2v) is 4.76. The maximum absolute atomic E-state index is 5.80. The Bertz CT molecular complexity index is 276. The standard InChI is InChI=1S/C9H11ClNOS.Y/c10-9-2-1-8(13-9)7-11-3-5-12-6-4-11;/h1H,3-7H2;/q-1;. The van der Waals surface area contributed by atoms with E-state index in [2.05, 4.69) is 11.0 Å². The Labute approximate surface area is 118 Å². The molecule has 1 radical (unpaired) electrons. The quantitative estimate of drug-likeness (QED) is 0.775. The number of hydrogen-bond donors (Lipinski definition) is 0. The van der Waals surface area contributed by atoms with Gasteiger partial charge < -0.3 is 9.64 Å². The Morgan fingerprint density at radius 3 is 2.79 bits per heavy atom. The second-order valence-electron chi connectivity index (χ2n) is 3.02. The summed E-state index contributed by atoms with van der Waals surface area (Å²) in [5, 5.41) is 0. The van der Waals surface area contributed by atoms with Gasteiger partial charge in [-0.15, -0.1) is 4.88 Å². The molecule has 0 amide bonds. The summed E-state index contributed by atoms with van der Waals surface area (Å²) in [7, 11) is 0. The van der Waals surface area contributed by atoms with Crippen molar-refractivity contribution in [3.63, 3.8) is 0 Å². The number of halogens is 1. The molecule has 1 aliphatic heterocycles. The number of nitrogens with zero attached hydrogens (tertiary/aromatic N) is 1. The van der Waals surface area contributed by atoms with Crippen LogP contribution in [0.5, 0.6) is 0 Å². The van der Waals surface area contributed by atoms with Gasteiger partial charge >= 0.3 is 0 Å². The molecule has 75 valence electrons. The summed E-state index contributed by atoms with van der Waals surface area (Å²) in [6, 6.07) is 4.96. The molecule has 0 atom stereocenters. The number of hydrogen-bond acceptors (Lipinski definition) is 3. The van der Waals surface area contributed by atoms with Crippen LogP contribution in [0.2, 0.25) is 4.34 Å². The monoisotopic (exact) mass is 305 g/mol. The van der Waals surface area contributed by atoms with Gasteiger partial charge in [-0.2, -0.15) is 0 Å². The first kappa shape index (κ1) is 13.1. The van der Waals surface area contributed by atoms with Crippen molar-refractivity contribution in [2.24, 2.45) is 0 Å². The van der Waals surface area contributed by atoms with Crippen LogP contribution in [0, 0.1) is 6.07 Å². The minimum atomic E-state index is 0. The number of ether oxygens (including phenoxy) is 1. The van der Waals surface area contributed by atoms with Crippen LogP contribution in [0.15, 0.2) is 6.07 Å². The van der Waals surface area contributed by atoms with Crippen molar-refractivity contribution >= 4 is 22.9 Å². The van der Waals surface area contributed by atoms with Gasteiger partial charge in [0.15, 0.2) is 0 Å². The Morgan fingerprint density at radius 2 is 2.21 bits per heavy atom. The van der Waals surface area contributed by atoms with Crippen molar-refractivity contribution < 1.29 is 37.4 Å². The molecule has 0 N–H and O–H groups in total. The first-order valence-electron chi connectivity index (χ1n) is 4.30. The molecule has 2 nitrogen and oxygen atoms in total. The van der Waals surface area contributed by atoms with Crippen LogP contribution in [-0.4, -0.2) is 31.2 Å². The summed E-state index contributed by atoms with van der Waals surface area (Å²) in [5.74, 6) is 0. The zero-order valence-corrected chi connectivity index (χ0v) is 12.2. The second kappa shape index (κ2) is 6.56. The van der Waals surface area contributed by atoms with E-state index in [1.165, 1.54) is 4.88 Å². The fraction of sp³-hybridized carbons (Fsp3) is 0.556. The van der Waals surface area contributed by atoms with Crippen LogP contribution in [0.4, 0.5) is 0 Å². The Balaban J connectivity index is 0.000000980. The minimum Gasteiger partial charge on any atom is -0.379 e. The molecule has 14 heavy (non-hydrogen) atoms. The van der Waals surface area contributed by atoms with Gasteiger partial charge in [0.2, 0.25) is 0 Å². The minimum absolute atomic E-state index is 0. The van der Waals surface area contributed by atoms with Crippen LogP contribution in [0.3, 0.4) is 0 Å². The fourth-order valence-corrected chi connectivity index (χ4v) is 2.43. The molecule has 0 saturated carbocycles. The summed E-state index contributed by atoms with van der Waals surface area (Å²) in [6.45, 7) is 4.73. The molecule has 0 aromatic carbocycles. The van der Waals surface area contributed by atoms with E-state index in [-0.39, 0.29) is 32.7 Å². The van der Waals surface area contributed by atoms with Crippen LogP contribution in [-0.2, 0) is 44.0 Å². The first-order valence-corrected chi connectivity index (χ1v) is 5.50. The molecular weight excluding hydrogens is 295 g/mol. The van der Waals surface area contributed by atoms with Crippen LogP contribution < -0.4 is 0 Å². The molecule has 1 aromatic rings. The van der Waals surface area contributed by atoms with E-state index in [9.17, 15) is 0 Å². The molecule has 0 aliphatic carbocycles. The summed E-state index contributed by atoms with van der Waals surface area (Å²) >= 11 is 7.41. The van der Waals surface area contributed by atoms with E-state index >= 15 is 0 Å². The van der Waals surface area contributed by atoms with Gasteiger partial charge in [-0.25, -0.2) is 23.5 Å². The summed E-state index contributed by atoms with van der Waals surface area (Å²) < 4.78 is 6.02. The smallest absolute Gasteiger partial charge is 0.0593 e. The van der Waals surface area contributed by atoms with E-state index in [0.29, 0.717) is 0 Å². The molecule has 1 aliphatic rings. The third kappa shape index (κ3) is 3.88. The first-order chi connectivity index (χ1) is 6.34. The number of thiophene rings is 1. The van der Waals surface area contributed by atoms with Crippen molar-refractivity contribution in [3.05, 3.63) is 21.3 Å². The molecule has 1 aromatic heterocycles. The third-order valence-electron chi connectivity index (χ3n) is 2.05. The molecule has 0 spiro atoms. The van der Waals surface area contributed by atoms with Gasteiger partial charge in [0.05, 0.1) is 13.2 Å². The fourth-order valence-electron chi connectivity index (χ4n) is 1.37. The van der Waals surface area contributed by atoms with E-state index in [4.69, 9.17) is 16.3 Å². The molecule has 2 heterocycles. The van der Waals surface area contributed by atoms with Gasteiger partial charge in [-0.1, -0.05) is 11.6 Å². The largest absolute Gasteiger partial charge is 0.379 e. The normalized spacial score (nSPS) is 17.8. The van der Waals surface area contributed by atoms with Crippen LogP contribution in [0.25, 0.3) is 0 Å². The molecule has 0 bridgehead atoms. The van der Waals surface area contributed by atoms with Crippen LogP contribution >= 0.6 is 22.9 Å². The Kier molecular flexibility index (Phi) is 6.13.